The number of benzene rings is 2. The van der Waals surface area contributed by atoms with E-state index in [4.69, 9.17) is 35.6 Å². The number of morpholine rings is 1. The second-order valence-electron chi connectivity index (χ2n) is 16.2. The minimum atomic E-state index is -0.657. The second-order valence-corrected chi connectivity index (χ2v) is 16.2. The summed E-state index contributed by atoms with van der Waals surface area (Å²) in [4.78, 5) is 64.8. The number of aryl methyl sites for hydroxylation is 3. The van der Waals surface area contributed by atoms with E-state index < -0.39 is 17.7 Å². The normalized spacial score (nSPS) is 13.4. The lowest BCUT2D eigenvalue weighted by Gasteiger charge is -2.26. The zero-order valence-corrected chi connectivity index (χ0v) is 38.1. The number of carbonyl (C=O) groups is 4. The summed E-state index contributed by atoms with van der Waals surface area (Å²) in [5, 5.41) is 10.4. The summed E-state index contributed by atoms with van der Waals surface area (Å²) in [6, 6.07) is 9.87. The van der Waals surface area contributed by atoms with Crippen molar-refractivity contribution in [3.05, 3.63) is 88.0 Å². The topological polar surface area (TPSA) is 234 Å². The van der Waals surface area contributed by atoms with Gasteiger partial charge in [0.25, 0.3) is 11.8 Å². The van der Waals surface area contributed by atoms with Crippen molar-refractivity contribution in [2.45, 2.75) is 80.1 Å². The van der Waals surface area contributed by atoms with Crippen LogP contribution in [0.25, 0.3) is 22.1 Å². The van der Waals surface area contributed by atoms with Crippen LogP contribution in [0.5, 0.6) is 11.5 Å². The molecule has 0 atom stereocenters. The van der Waals surface area contributed by atoms with Gasteiger partial charge in [0.2, 0.25) is 23.7 Å². The van der Waals surface area contributed by atoms with Crippen LogP contribution >= 0.6 is 0 Å². The summed E-state index contributed by atoms with van der Waals surface area (Å²) >= 11 is 0. The van der Waals surface area contributed by atoms with Gasteiger partial charge >= 0.3 is 0 Å². The number of hydrogen-bond acceptors (Lipinski definition) is 11. The van der Waals surface area contributed by atoms with E-state index in [9.17, 15) is 19.2 Å². The van der Waals surface area contributed by atoms with Gasteiger partial charge in [-0.15, -0.1) is 0 Å². The molecule has 1 aliphatic heterocycles. The number of aromatic nitrogens is 7. The number of allylic oxidation sites excluding steroid dienone is 2. The Morgan fingerprint density at radius 3 is 1.89 bits per heavy atom. The van der Waals surface area contributed by atoms with E-state index in [1.54, 1.807) is 44.1 Å². The first-order chi connectivity index (χ1) is 31.2. The van der Waals surface area contributed by atoms with Crippen LogP contribution in [0, 0.1) is 13.8 Å². The average Bonchev–Trinajstić information content (AvgIpc) is 4.04. The number of nitrogens with two attached hydrogens (primary N) is 2. The third-order valence-electron chi connectivity index (χ3n) is 11.4. The average molecular weight is 891 g/mol. The fourth-order valence-corrected chi connectivity index (χ4v) is 8.51. The summed E-state index contributed by atoms with van der Waals surface area (Å²) in [6.45, 7) is 17.5. The zero-order valence-electron chi connectivity index (χ0n) is 38.1. The van der Waals surface area contributed by atoms with Crippen LogP contribution in [0.4, 0.5) is 11.9 Å². The molecule has 0 unspecified atom stereocenters. The number of amides is 4. The molecule has 19 heteroatoms. The largest absolute Gasteiger partial charge is 0.494 e. The summed E-state index contributed by atoms with van der Waals surface area (Å²) in [5.41, 5.74) is 17.3. The number of primary amides is 2. The van der Waals surface area contributed by atoms with Crippen molar-refractivity contribution in [2.75, 3.05) is 57.2 Å². The molecule has 0 aliphatic carbocycles. The maximum Gasteiger partial charge on any atom is 0.276 e. The van der Waals surface area contributed by atoms with E-state index in [2.05, 4.69) is 34.5 Å². The molecule has 1 aliphatic rings. The first-order valence-corrected chi connectivity index (χ1v) is 21.9. The maximum absolute atomic E-state index is 14.1. The van der Waals surface area contributed by atoms with Crippen LogP contribution in [-0.4, -0.2) is 109 Å². The molecular weight excluding hydrogens is 833 g/mol. The Balaban J connectivity index is 1.26. The number of nitrogens with zero attached hydrogens (tertiary/aromatic N) is 8. The standard InChI is InChI=1S/C46H58N12O7/c1-8-55-34(21-28(5)38(55)27(3)4)43(61)51-45-49-32-23-30(41(47)59)25-36(63-7)39(32)56(45)14-10-11-15-57-40-33(50-46(57)52-44(62)35-22-29(6)53-58(35)9-2)24-31(42(48)60)26-37(40)65-18-12-13-54-16-19-64-20-17-54/h10-11,21-27H,8-9,12-20H2,1-7H3,(H2,47,59)(H2,48,60)(H,49,51,61)(H,50,52,62)/b11-10+. The van der Waals surface area contributed by atoms with E-state index >= 15 is 0 Å². The highest BCUT2D eigenvalue weighted by Gasteiger charge is 2.25. The highest BCUT2D eigenvalue weighted by molar-refractivity contribution is 6.05. The third kappa shape index (κ3) is 9.75. The molecule has 0 radical (unpaired) electrons. The van der Waals surface area contributed by atoms with Gasteiger partial charge in [0.1, 0.15) is 33.9 Å². The second kappa shape index (κ2) is 19.8. The fourth-order valence-electron chi connectivity index (χ4n) is 8.51. The van der Waals surface area contributed by atoms with Crippen LogP contribution in [0.15, 0.2) is 48.6 Å². The molecule has 0 spiro atoms. The van der Waals surface area contributed by atoms with Crippen LogP contribution in [-0.2, 0) is 30.9 Å². The van der Waals surface area contributed by atoms with Crippen LogP contribution in [0.1, 0.15) is 98.7 Å². The van der Waals surface area contributed by atoms with Crippen LogP contribution in [0.3, 0.4) is 0 Å². The minimum absolute atomic E-state index is 0.177. The third-order valence-corrected chi connectivity index (χ3v) is 11.4. The molecule has 7 rings (SSSR count). The van der Waals surface area contributed by atoms with Crippen molar-refractivity contribution in [3.63, 3.8) is 0 Å². The molecule has 1 fully saturated rings. The fraction of sp³-hybridized carbons (Fsp3) is 0.413. The molecule has 6 N–H and O–H groups in total. The molecule has 4 aromatic heterocycles. The number of methoxy groups -OCH3 is 1. The number of rotatable bonds is 19. The highest BCUT2D eigenvalue weighted by Crippen LogP contribution is 2.34. The molecule has 65 heavy (non-hydrogen) atoms. The molecule has 5 heterocycles. The Hall–Kier alpha value is -6.99. The molecular formula is C46H58N12O7. The van der Waals surface area contributed by atoms with Gasteiger partial charge in [0.15, 0.2) is 0 Å². The molecule has 0 saturated carbocycles. The predicted octanol–water partition coefficient (Wildman–Crippen LogP) is 5.23. The quantitative estimate of drug-likeness (QED) is 0.0607. The Kier molecular flexibility index (Phi) is 14.0. The number of hydrogen-bond donors (Lipinski definition) is 4. The Labute approximate surface area is 376 Å². The smallest absolute Gasteiger partial charge is 0.276 e. The lowest BCUT2D eigenvalue weighted by Crippen LogP contribution is -2.37. The van der Waals surface area contributed by atoms with Crippen molar-refractivity contribution in [1.82, 2.24) is 38.3 Å². The SMILES string of the molecule is CCn1nc(C)cc1C(=O)Nc1nc2cc(C(N)=O)cc(OCCCN3CCOCC3)c2n1C/C=C/Cn1c(NC(=O)c2cc(C)c(C(C)C)n2CC)nc2cc(C(N)=O)cc(OC)c21. The molecule has 0 bridgehead atoms. The summed E-state index contributed by atoms with van der Waals surface area (Å²) in [7, 11) is 1.48. The van der Waals surface area contributed by atoms with Gasteiger partial charge in [-0.25, -0.2) is 9.97 Å². The Morgan fingerprint density at radius 2 is 1.35 bits per heavy atom. The summed E-state index contributed by atoms with van der Waals surface area (Å²) < 4.78 is 24.9. The molecule has 19 nitrogen and oxygen atoms in total. The van der Waals surface area contributed by atoms with Crippen molar-refractivity contribution in [2.24, 2.45) is 11.5 Å². The molecule has 6 aromatic rings. The zero-order chi connectivity index (χ0) is 46.5. The van der Waals surface area contributed by atoms with Crippen LogP contribution in [0.2, 0.25) is 0 Å². The highest BCUT2D eigenvalue weighted by atomic mass is 16.5. The summed E-state index contributed by atoms with van der Waals surface area (Å²) in [6.07, 6.45) is 4.47. The molecule has 1 saturated heterocycles. The van der Waals surface area contributed by atoms with Crippen LogP contribution < -0.4 is 31.6 Å². The van der Waals surface area contributed by atoms with Gasteiger partial charge in [-0.3, -0.25) is 39.4 Å². The van der Waals surface area contributed by atoms with Gasteiger partial charge in [-0.1, -0.05) is 26.0 Å². The number of anilines is 2. The number of imidazole rings is 2. The van der Waals surface area contributed by atoms with Crippen molar-refractivity contribution < 1.29 is 33.4 Å². The number of nitrogens with one attached hydrogen (secondary N) is 2. The first-order valence-electron chi connectivity index (χ1n) is 21.9. The van der Waals surface area contributed by atoms with Gasteiger partial charge in [0.05, 0.1) is 43.7 Å². The van der Waals surface area contributed by atoms with Gasteiger partial charge < -0.3 is 39.4 Å². The lowest BCUT2D eigenvalue weighted by molar-refractivity contribution is 0.0358. The van der Waals surface area contributed by atoms with Gasteiger partial charge in [-0.05, 0) is 82.0 Å². The van der Waals surface area contributed by atoms with Crippen molar-refractivity contribution >= 4 is 57.6 Å². The Bertz CT molecular complexity index is 2790. The van der Waals surface area contributed by atoms with Gasteiger partial charge in [-0.2, -0.15) is 5.10 Å². The molecule has 344 valence electrons. The minimum Gasteiger partial charge on any atom is -0.494 e. The van der Waals surface area contributed by atoms with E-state index in [1.165, 1.54) is 7.11 Å². The van der Waals surface area contributed by atoms with Gasteiger partial charge in [0, 0.05) is 62.6 Å². The van der Waals surface area contributed by atoms with E-state index in [-0.39, 0.29) is 47.9 Å². The van der Waals surface area contributed by atoms with Crippen molar-refractivity contribution in [1.29, 1.82) is 0 Å². The first kappa shape index (κ1) is 46.0. The Morgan fingerprint density at radius 1 is 0.785 bits per heavy atom. The monoisotopic (exact) mass is 890 g/mol. The predicted molar refractivity (Wildman–Crippen MR) is 247 cm³/mol. The van der Waals surface area contributed by atoms with E-state index in [0.717, 1.165) is 30.9 Å². The van der Waals surface area contributed by atoms with E-state index in [0.29, 0.717) is 90.0 Å². The summed E-state index contributed by atoms with van der Waals surface area (Å²) in [5.74, 6) is -0.757. The molecule has 4 amide bonds. The van der Waals surface area contributed by atoms with E-state index in [1.807, 2.05) is 50.5 Å². The molecule has 2 aromatic carbocycles. The number of ether oxygens (including phenoxy) is 3. The van der Waals surface area contributed by atoms with Crippen molar-refractivity contribution in [3.8, 4) is 11.5 Å². The maximum atomic E-state index is 14.1. The number of carbonyl (C=O) groups excluding carboxylic acids is 4. The lowest BCUT2D eigenvalue weighted by atomic mass is 10.1. The number of fused-ring (bicyclic) bond motifs is 2.